The van der Waals surface area contributed by atoms with Crippen LogP contribution in [0.5, 0.6) is 0 Å². The Hall–Kier alpha value is -4.53. The fourth-order valence-corrected chi connectivity index (χ4v) is 5.53. The first kappa shape index (κ1) is 28.6. The molecule has 0 saturated carbocycles. The summed E-state index contributed by atoms with van der Waals surface area (Å²) in [5, 5.41) is 10.1. The number of anilines is 3. The summed E-state index contributed by atoms with van der Waals surface area (Å²) in [4.78, 5) is 25.0. The van der Waals surface area contributed by atoms with Gasteiger partial charge in [-0.25, -0.2) is 9.97 Å². The molecule has 0 spiro atoms. The molecular formula is C35H39N7O. The number of carbonyl (C=O) groups is 1. The van der Waals surface area contributed by atoms with Gasteiger partial charge in [0.1, 0.15) is 0 Å². The molecule has 0 unspecified atom stereocenters. The number of benzene rings is 3. The van der Waals surface area contributed by atoms with Gasteiger partial charge in [0.05, 0.1) is 5.69 Å². The van der Waals surface area contributed by atoms with Gasteiger partial charge in [-0.3, -0.25) is 9.69 Å². The van der Waals surface area contributed by atoms with Crippen LogP contribution in [0.4, 0.5) is 17.2 Å². The van der Waals surface area contributed by atoms with E-state index >= 15 is 0 Å². The molecule has 0 bridgehead atoms. The van der Waals surface area contributed by atoms with Crippen LogP contribution in [0.3, 0.4) is 0 Å². The Balaban J connectivity index is 1.22. The Morgan fingerprint density at radius 1 is 1.02 bits per heavy atom. The van der Waals surface area contributed by atoms with E-state index in [1.165, 1.54) is 11.1 Å². The van der Waals surface area contributed by atoms with Crippen molar-refractivity contribution in [3.63, 3.8) is 0 Å². The lowest BCUT2D eigenvalue weighted by Crippen LogP contribution is -2.48. The molecule has 6 rings (SSSR count). The molecule has 8 nitrogen and oxygen atoms in total. The molecule has 1 atom stereocenters. The Labute approximate surface area is 253 Å². The topological polar surface area (TPSA) is 86.6 Å². The van der Waals surface area contributed by atoms with Crippen LogP contribution in [0.15, 0.2) is 91.4 Å². The molecule has 1 aliphatic rings. The smallest absolute Gasteiger partial charge is 0.255 e. The normalized spacial score (nSPS) is 15.9. The molecule has 3 heterocycles. The summed E-state index contributed by atoms with van der Waals surface area (Å²) in [6, 6.07) is 24.6. The molecule has 43 heavy (non-hydrogen) atoms. The fraction of sp³-hybridized carbons (Fsp3) is 0.286. The maximum absolute atomic E-state index is 13.0. The van der Waals surface area contributed by atoms with Crippen LogP contribution in [0.2, 0.25) is 0 Å². The molecule has 1 amide bonds. The molecule has 2 aromatic heterocycles. The van der Waals surface area contributed by atoms with Gasteiger partial charge in [-0.05, 0) is 59.9 Å². The third-order valence-corrected chi connectivity index (χ3v) is 7.85. The summed E-state index contributed by atoms with van der Waals surface area (Å²) in [7, 11) is 0. The number of aromatic nitrogens is 3. The van der Waals surface area contributed by atoms with Crippen LogP contribution in [0.1, 0.15) is 49.2 Å². The van der Waals surface area contributed by atoms with Gasteiger partial charge in [-0.2, -0.15) is 0 Å². The Bertz CT molecular complexity index is 1740. The molecule has 3 N–H and O–H groups in total. The first-order valence-electron chi connectivity index (χ1n) is 14.9. The highest BCUT2D eigenvalue weighted by Gasteiger charge is 2.17. The zero-order valence-corrected chi connectivity index (χ0v) is 25.3. The maximum Gasteiger partial charge on any atom is 0.255 e. The quantitative estimate of drug-likeness (QED) is 0.207. The Morgan fingerprint density at radius 2 is 1.81 bits per heavy atom. The third-order valence-electron chi connectivity index (χ3n) is 7.85. The molecule has 5 aromatic rings. The van der Waals surface area contributed by atoms with Crippen LogP contribution in [-0.4, -0.2) is 50.9 Å². The summed E-state index contributed by atoms with van der Waals surface area (Å²) in [6.45, 7) is 12.7. The first-order valence-corrected chi connectivity index (χ1v) is 14.9. The minimum Gasteiger partial charge on any atom is -0.337 e. The summed E-state index contributed by atoms with van der Waals surface area (Å²) in [6.07, 6.45) is 5.65. The van der Waals surface area contributed by atoms with Crippen molar-refractivity contribution in [1.82, 2.24) is 24.6 Å². The van der Waals surface area contributed by atoms with Gasteiger partial charge in [0.25, 0.3) is 5.91 Å². The van der Waals surface area contributed by atoms with E-state index in [1.807, 2.05) is 65.3 Å². The van der Waals surface area contributed by atoms with Crippen molar-refractivity contribution < 1.29 is 4.79 Å². The summed E-state index contributed by atoms with van der Waals surface area (Å²) in [5.74, 6) is 0.525. The van der Waals surface area contributed by atoms with Crippen LogP contribution >= 0.6 is 0 Å². The molecule has 0 aliphatic carbocycles. The van der Waals surface area contributed by atoms with Gasteiger partial charge in [-0.15, -0.1) is 0 Å². The number of rotatable bonds is 7. The van der Waals surface area contributed by atoms with Gasteiger partial charge >= 0.3 is 0 Å². The van der Waals surface area contributed by atoms with E-state index in [0.29, 0.717) is 23.1 Å². The standard InChI is InChI=1S/C35H39N7O/c1-24-21-41(17-15-36-24)22-25-7-5-9-29(19-25)38-32-33-37-16-18-42(33)23-31(40-32)27-8-6-10-30(20-27)39-34(43)26-11-13-28(14-12-26)35(2,3)4/h5-14,16,18-20,23-24,36H,15,17,21-22H2,1-4H3,(H,38,40)(H,39,43)/t24-/m0/s1. The zero-order chi connectivity index (χ0) is 30.0. The molecule has 8 heteroatoms. The largest absolute Gasteiger partial charge is 0.337 e. The van der Waals surface area contributed by atoms with Crippen LogP contribution in [0, 0.1) is 0 Å². The van der Waals surface area contributed by atoms with E-state index in [1.54, 1.807) is 6.20 Å². The van der Waals surface area contributed by atoms with Crippen molar-refractivity contribution >= 4 is 28.7 Å². The highest BCUT2D eigenvalue weighted by Crippen LogP contribution is 2.27. The average Bonchev–Trinajstić information content (AvgIpc) is 3.47. The number of nitrogens with zero attached hydrogens (tertiary/aromatic N) is 4. The van der Waals surface area contributed by atoms with Gasteiger partial charge < -0.3 is 20.4 Å². The molecule has 3 aromatic carbocycles. The van der Waals surface area contributed by atoms with Crippen molar-refractivity contribution in [2.45, 2.75) is 45.7 Å². The van der Waals surface area contributed by atoms with Crippen molar-refractivity contribution in [1.29, 1.82) is 0 Å². The number of nitrogens with one attached hydrogen (secondary N) is 3. The molecule has 1 saturated heterocycles. The average molecular weight is 574 g/mol. The molecule has 1 aliphatic heterocycles. The minimum atomic E-state index is -0.145. The predicted molar refractivity (Wildman–Crippen MR) is 174 cm³/mol. The van der Waals surface area contributed by atoms with Crippen LogP contribution in [-0.2, 0) is 12.0 Å². The highest BCUT2D eigenvalue weighted by atomic mass is 16.1. The van der Waals surface area contributed by atoms with E-state index in [9.17, 15) is 4.79 Å². The third kappa shape index (κ3) is 6.77. The number of imidazole rings is 1. The van der Waals surface area contributed by atoms with Gasteiger partial charge in [0.2, 0.25) is 0 Å². The first-order chi connectivity index (χ1) is 20.7. The minimum absolute atomic E-state index is 0.0347. The second kappa shape index (κ2) is 12.0. The number of piperazine rings is 1. The number of carbonyl (C=O) groups excluding carboxylic acids is 1. The number of hydrogen-bond acceptors (Lipinski definition) is 6. The second-order valence-electron chi connectivity index (χ2n) is 12.4. The predicted octanol–water partition coefficient (Wildman–Crippen LogP) is 6.48. The molecule has 0 radical (unpaired) electrons. The molecule has 1 fully saturated rings. The lowest BCUT2D eigenvalue weighted by molar-refractivity contribution is 0.102. The molecule has 220 valence electrons. The Morgan fingerprint density at radius 3 is 2.60 bits per heavy atom. The Kier molecular flexibility index (Phi) is 7.97. The number of amides is 1. The zero-order valence-electron chi connectivity index (χ0n) is 25.3. The monoisotopic (exact) mass is 573 g/mol. The van der Waals surface area contributed by atoms with E-state index in [4.69, 9.17) is 4.98 Å². The lowest BCUT2D eigenvalue weighted by atomic mass is 9.87. The van der Waals surface area contributed by atoms with Gasteiger partial charge in [-0.1, -0.05) is 57.2 Å². The maximum atomic E-state index is 13.0. The van der Waals surface area contributed by atoms with Gasteiger partial charge in [0.15, 0.2) is 11.5 Å². The van der Waals surface area contributed by atoms with E-state index in [0.717, 1.165) is 48.8 Å². The van der Waals surface area contributed by atoms with E-state index in [2.05, 4.69) is 77.8 Å². The van der Waals surface area contributed by atoms with Crippen molar-refractivity contribution in [3.05, 3.63) is 108 Å². The van der Waals surface area contributed by atoms with Crippen molar-refractivity contribution in [2.75, 3.05) is 30.3 Å². The van der Waals surface area contributed by atoms with E-state index in [-0.39, 0.29) is 11.3 Å². The summed E-state index contributed by atoms with van der Waals surface area (Å²) < 4.78 is 1.97. The van der Waals surface area contributed by atoms with Crippen LogP contribution in [0.25, 0.3) is 16.9 Å². The van der Waals surface area contributed by atoms with Crippen LogP contribution < -0.4 is 16.0 Å². The number of hydrogen-bond donors (Lipinski definition) is 3. The SMILES string of the molecule is C[C@H]1CN(Cc2cccc(Nc3nc(-c4cccc(NC(=O)c5ccc(C(C)(C)C)cc5)c4)cn4ccnc34)c2)CCN1. The highest BCUT2D eigenvalue weighted by molar-refractivity contribution is 6.04. The van der Waals surface area contributed by atoms with E-state index < -0.39 is 0 Å². The second-order valence-corrected chi connectivity index (χ2v) is 12.4. The fourth-order valence-electron chi connectivity index (χ4n) is 5.53. The van der Waals surface area contributed by atoms with Crippen molar-refractivity contribution in [2.24, 2.45) is 0 Å². The number of fused-ring (bicyclic) bond motifs is 1. The van der Waals surface area contributed by atoms with Gasteiger partial charge in [0, 0.05) is 73.3 Å². The summed E-state index contributed by atoms with van der Waals surface area (Å²) in [5.41, 5.74) is 7.18. The summed E-state index contributed by atoms with van der Waals surface area (Å²) >= 11 is 0. The lowest BCUT2D eigenvalue weighted by Gasteiger charge is -2.31. The molecular weight excluding hydrogens is 534 g/mol. The van der Waals surface area contributed by atoms with Crippen molar-refractivity contribution in [3.8, 4) is 11.3 Å².